The smallest absolute Gasteiger partial charge is 0.220 e. The summed E-state index contributed by atoms with van der Waals surface area (Å²) in [5.41, 5.74) is 0.0344. The molecule has 0 heterocycles. The van der Waals surface area contributed by atoms with E-state index in [1.165, 1.54) is 0 Å². The Bertz CT molecular complexity index is 185. The van der Waals surface area contributed by atoms with Crippen molar-refractivity contribution in [3.63, 3.8) is 0 Å². The van der Waals surface area contributed by atoms with Crippen molar-refractivity contribution in [1.82, 2.24) is 5.32 Å². The maximum atomic E-state index is 11.3. The van der Waals surface area contributed by atoms with Crippen molar-refractivity contribution < 1.29 is 9.90 Å². The number of amides is 1. The Hall–Kier alpha value is -0.570. The Balaban J connectivity index is 2.15. The number of carbonyl (C=O) groups is 1. The van der Waals surface area contributed by atoms with E-state index in [4.69, 9.17) is 5.11 Å². The van der Waals surface area contributed by atoms with Gasteiger partial charge in [0.1, 0.15) is 0 Å². The van der Waals surface area contributed by atoms with E-state index in [1.54, 1.807) is 0 Å². The van der Waals surface area contributed by atoms with E-state index in [-0.39, 0.29) is 17.9 Å². The van der Waals surface area contributed by atoms with Gasteiger partial charge in [0.05, 0.1) is 6.61 Å². The zero-order valence-corrected chi connectivity index (χ0v) is 8.47. The zero-order valence-electron chi connectivity index (χ0n) is 8.47. The summed E-state index contributed by atoms with van der Waals surface area (Å²) in [4.78, 5) is 11.3. The lowest BCUT2D eigenvalue weighted by Crippen LogP contribution is -2.32. The summed E-state index contributed by atoms with van der Waals surface area (Å²) in [6, 6.07) is 0. The Morgan fingerprint density at radius 2 is 2.15 bits per heavy atom. The summed E-state index contributed by atoms with van der Waals surface area (Å²) in [7, 11) is 0. The van der Waals surface area contributed by atoms with Crippen LogP contribution >= 0.6 is 0 Å². The van der Waals surface area contributed by atoms with E-state index in [0.29, 0.717) is 18.9 Å². The van der Waals surface area contributed by atoms with Crippen LogP contribution in [0, 0.1) is 11.3 Å². The van der Waals surface area contributed by atoms with Gasteiger partial charge in [-0.3, -0.25) is 4.79 Å². The Kier molecular flexibility index (Phi) is 3.31. The molecule has 13 heavy (non-hydrogen) atoms. The molecule has 1 saturated carbocycles. The highest BCUT2D eigenvalue weighted by molar-refractivity contribution is 5.76. The molecule has 1 aliphatic rings. The second-order valence-electron chi connectivity index (χ2n) is 4.53. The fraction of sp³-hybridized carbons (Fsp3) is 0.900. The second kappa shape index (κ2) is 4.09. The first kappa shape index (κ1) is 10.5. The standard InChI is InChI=1S/C10H19NO2/c1-8(2)5-9(13)11-6-10(7-12)3-4-10/h8,12H,3-7H2,1-2H3,(H,11,13). The number of carbonyl (C=O) groups excluding carboxylic acids is 1. The first-order valence-corrected chi connectivity index (χ1v) is 4.95. The number of rotatable bonds is 5. The maximum absolute atomic E-state index is 11.3. The molecule has 0 atom stereocenters. The van der Waals surface area contributed by atoms with Crippen LogP contribution in [0.1, 0.15) is 33.1 Å². The van der Waals surface area contributed by atoms with E-state index in [2.05, 4.69) is 5.32 Å². The van der Waals surface area contributed by atoms with Crippen LogP contribution in [0.5, 0.6) is 0 Å². The number of hydrogen-bond acceptors (Lipinski definition) is 2. The number of aliphatic hydroxyl groups is 1. The second-order valence-corrected chi connectivity index (χ2v) is 4.53. The van der Waals surface area contributed by atoms with Crippen molar-refractivity contribution in [3.8, 4) is 0 Å². The Morgan fingerprint density at radius 3 is 2.54 bits per heavy atom. The van der Waals surface area contributed by atoms with E-state index in [9.17, 15) is 4.79 Å². The van der Waals surface area contributed by atoms with E-state index in [0.717, 1.165) is 12.8 Å². The van der Waals surface area contributed by atoms with Gasteiger partial charge in [-0.15, -0.1) is 0 Å². The minimum absolute atomic E-state index is 0.0344. The summed E-state index contributed by atoms with van der Waals surface area (Å²) >= 11 is 0. The van der Waals surface area contributed by atoms with Gasteiger partial charge in [0.15, 0.2) is 0 Å². The van der Waals surface area contributed by atoms with Crippen LogP contribution in [-0.2, 0) is 4.79 Å². The highest BCUT2D eigenvalue weighted by atomic mass is 16.3. The average Bonchev–Trinajstić information content (AvgIpc) is 2.80. The van der Waals surface area contributed by atoms with Crippen LogP contribution < -0.4 is 5.32 Å². The highest BCUT2D eigenvalue weighted by Crippen LogP contribution is 2.44. The fourth-order valence-electron chi connectivity index (χ4n) is 1.30. The molecule has 0 aromatic rings. The predicted octanol–water partition coefficient (Wildman–Crippen LogP) is 0.921. The first-order valence-electron chi connectivity index (χ1n) is 4.95. The summed E-state index contributed by atoms with van der Waals surface area (Å²) in [5, 5.41) is 11.9. The molecule has 1 rings (SSSR count). The molecule has 3 nitrogen and oxygen atoms in total. The zero-order chi connectivity index (χ0) is 9.90. The van der Waals surface area contributed by atoms with Crippen molar-refractivity contribution in [1.29, 1.82) is 0 Å². The normalized spacial score (nSPS) is 18.8. The van der Waals surface area contributed by atoms with Crippen LogP contribution in [-0.4, -0.2) is 24.2 Å². The summed E-state index contributed by atoms with van der Waals surface area (Å²) in [5.74, 6) is 0.513. The average molecular weight is 185 g/mol. The van der Waals surface area contributed by atoms with Crippen molar-refractivity contribution in [2.45, 2.75) is 33.1 Å². The molecule has 0 saturated heterocycles. The van der Waals surface area contributed by atoms with Gasteiger partial charge in [0.2, 0.25) is 5.91 Å². The third kappa shape index (κ3) is 3.35. The number of hydrogen-bond donors (Lipinski definition) is 2. The monoisotopic (exact) mass is 185 g/mol. The minimum atomic E-state index is 0.0344. The molecular formula is C10H19NO2. The molecule has 0 spiro atoms. The van der Waals surface area contributed by atoms with Crippen molar-refractivity contribution in [3.05, 3.63) is 0 Å². The third-order valence-corrected chi connectivity index (χ3v) is 2.55. The molecule has 2 N–H and O–H groups in total. The topological polar surface area (TPSA) is 49.3 Å². The lowest BCUT2D eigenvalue weighted by Gasteiger charge is -2.13. The SMILES string of the molecule is CC(C)CC(=O)NCC1(CO)CC1. The van der Waals surface area contributed by atoms with Gasteiger partial charge >= 0.3 is 0 Å². The quantitative estimate of drug-likeness (QED) is 0.669. The van der Waals surface area contributed by atoms with Crippen molar-refractivity contribution >= 4 is 5.91 Å². The van der Waals surface area contributed by atoms with Crippen LogP contribution in [0.3, 0.4) is 0 Å². The maximum Gasteiger partial charge on any atom is 0.220 e. The van der Waals surface area contributed by atoms with E-state index >= 15 is 0 Å². The third-order valence-electron chi connectivity index (χ3n) is 2.55. The molecule has 1 fully saturated rings. The van der Waals surface area contributed by atoms with E-state index in [1.807, 2.05) is 13.8 Å². The van der Waals surface area contributed by atoms with Crippen molar-refractivity contribution in [2.75, 3.05) is 13.2 Å². The molecule has 76 valence electrons. The molecule has 0 aromatic carbocycles. The number of aliphatic hydroxyl groups excluding tert-OH is 1. The van der Waals surface area contributed by atoms with Gasteiger partial charge in [0.25, 0.3) is 0 Å². The molecule has 0 bridgehead atoms. The van der Waals surface area contributed by atoms with Crippen LogP contribution in [0.15, 0.2) is 0 Å². The lowest BCUT2D eigenvalue weighted by molar-refractivity contribution is -0.122. The largest absolute Gasteiger partial charge is 0.396 e. The molecular weight excluding hydrogens is 166 g/mol. The van der Waals surface area contributed by atoms with Crippen LogP contribution in [0.25, 0.3) is 0 Å². The molecule has 0 radical (unpaired) electrons. The Morgan fingerprint density at radius 1 is 1.54 bits per heavy atom. The molecule has 1 aliphatic carbocycles. The lowest BCUT2D eigenvalue weighted by atomic mass is 10.1. The van der Waals surface area contributed by atoms with E-state index < -0.39 is 0 Å². The molecule has 3 heteroatoms. The van der Waals surface area contributed by atoms with Gasteiger partial charge in [0, 0.05) is 18.4 Å². The summed E-state index contributed by atoms with van der Waals surface area (Å²) in [6.45, 7) is 4.90. The van der Waals surface area contributed by atoms with Gasteiger partial charge in [-0.2, -0.15) is 0 Å². The van der Waals surface area contributed by atoms with Gasteiger partial charge in [-0.25, -0.2) is 0 Å². The van der Waals surface area contributed by atoms with Gasteiger partial charge in [-0.05, 0) is 18.8 Å². The first-order chi connectivity index (χ1) is 6.08. The summed E-state index contributed by atoms with van der Waals surface area (Å²) in [6.07, 6.45) is 2.68. The van der Waals surface area contributed by atoms with Gasteiger partial charge < -0.3 is 10.4 Å². The molecule has 0 aliphatic heterocycles. The number of nitrogens with one attached hydrogen (secondary N) is 1. The van der Waals surface area contributed by atoms with Gasteiger partial charge in [-0.1, -0.05) is 13.8 Å². The summed E-state index contributed by atoms with van der Waals surface area (Å²) < 4.78 is 0. The highest BCUT2D eigenvalue weighted by Gasteiger charge is 2.41. The molecule has 1 amide bonds. The Labute approximate surface area is 79.5 Å². The van der Waals surface area contributed by atoms with Crippen LogP contribution in [0.2, 0.25) is 0 Å². The fourth-order valence-corrected chi connectivity index (χ4v) is 1.30. The molecule has 0 unspecified atom stereocenters. The van der Waals surface area contributed by atoms with Crippen LogP contribution in [0.4, 0.5) is 0 Å². The minimum Gasteiger partial charge on any atom is -0.396 e. The molecule has 0 aromatic heterocycles. The predicted molar refractivity (Wildman–Crippen MR) is 51.2 cm³/mol. The van der Waals surface area contributed by atoms with Crippen molar-refractivity contribution in [2.24, 2.45) is 11.3 Å².